The SMILES string of the molecule is O=S(=O)(NC1CCN(CC2CC2)CC1)C1CC1. The number of hydrogen-bond donors (Lipinski definition) is 1. The fourth-order valence-electron chi connectivity index (χ4n) is 2.61. The number of hydrogen-bond acceptors (Lipinski definition) is 3. The smallest absolute Gasteiger partial charge is 0.214 e. The Labute approximate surface area is 104 Å². The average molecular weight is 258 g/mol. The van der Waals surface area contributed by atoms with Crippen molar-refractivity contribution in [3.63, 3.8) is 0 Å². The predicted molar refractivity (Wildman–Crippen MR) is 67.3 cm³/mol. The van der Waals surface area contributed by atoms with Crippen LogP contribution in [0, 0.1) is 5.92 Å². The third kappa shape index (κ3) is 3.20. The molecular formula is C12H22N2O2S. The minimum absolute atomic E-state index is 0.0769. The van der Waals surface area contributed by atoms with Gasteiger partial charge in [0.25, 0.3) is 0 Å². The molecule has 3 aliphatic rings. The topological polar surface area (TPSA) is 49.4 Å². The molecule has 1 heterocycles. The van der Waals surface area contributed by atoms with E-state index in [1.807, 2.05) is 0 Å². The molecule has 0 aromatic heterocycles. The molecule has 3 fully saturated rings. The van der Waals surface area contributed by atoms with Crippen LogP contribution < -0.4 is 4.72 Å². The molecule has 0 atom stereocenters. The van der Waals surface area contributed by atoms with Crippen molar-refractivity contribution >= 4 is 10.0 Å². The summed E-state index contributed by atoms with van der Waals surface area (Å²) in [6.07, 6.45) is 6.48. The first-order valence-electron chi connectivity index (χ1n) is 6.87. The van der Waals surface area contributed by atoms with Gasteiger partial charge in [-0.15, -0.1) is 0 Å². The zero-order chi connectivity index (χ0) is 11.9. The van der Waals surface area contributed by atoms with Crippen molar-refractivity contribution < 1.29 is 8.42 Å². The monoisotopic (exact) mass is 258 g/mol. The molecule has 0 bridgehead atoms. The summed E-state index contributed by atoms with van der Waals surface area (Å²) < 4.78 is 26.5. The average Bonchev–Trinajstić information content (AvgIpc) is 3.15. The van der Waals surface area contributed by atoms with Gasteiger partial charge in [0.15, 0.2) is 0 Å². The van der Waals surface area contributed by atoms with Crippen LogP contribution in [-0.2, 0) is 10.0 Å². The molecule has 0 unspecified atom stereocenters. The van der Waals surface area contributed by atoms with Crippen molar-refractivity contribution in [3.8, 4) is 0 Å². The van der Waals surface area contributed by atoms with Crippen molar-refractivity contribution in [2.45, 2.75) is 49.8 Å². The number of piperidine rings is 1. The normalized spacial score (nSPS) is 28.5. The van der Waals surface area contributed by atoms with Crippen molar-refractivity contribution in [1.29, 1.82) is 0 Å². The summed E-state index contributed by atoms with van der Waals surface area (Å²) in [5.41, 5.74) is 0. The molecule has 3 rings (SSSR count). The second-order valence-corrected chi connectivity index (χ2v) is 7.87. The van der Waals surface area contributed by atoms with Gasteiger partial charge in [-0.3, -0.25) is 0 Å². The summed E-state index contributed by atoms with van der Waals surface area (Å²) in [4.78, 5) is 2.50. The number of likely N-dealkylation sites (tertiary alicyclic amines) is 1. The zero-order valence-electron chi connectivity index (χ0n) is 10.3. The van der Waals surface area contributed by atoms with E-state index < -0.39 is 10.0 Å². The van der Waals surface area contributed by atoms with Gasteiger partial charge in [0.05, 0.1) is 5.25 Å². The van der Waals surface area contributed by atoms with Gasteiger partial charge >= 0.3 is 0 Å². The maximum atomic E-state index is 11.8. The summed E-state index contributed by atoms with van der Waals surface area (Å²) in [7, 11) is -2.98. The van der Waals surface area contributed by atoms with E-state index in [9.17, 15) is 8.42 Å². The van der Waals surface area contributed by atoms with Gasteiger partial charge in [-0.2, -0.15) is 0 Å². The molecule has 0 aromatic carbocycles. The Morgan fingerprint density at radius 1 is 1.00 bits per heavy atom. The Morgan fingerprint density at radius 2 is 1.65 bits per heavy atom. The summed E-state index contributed by atoms with van der Waals surface area (Å²) in [6, 6.07) is 0.191. The number of sulfonamides is 1. The molecule has 2 aliphatic carbocycles. The highest BCUT2D eigenvalue weighted by Gasteiger charge is 2.37. The van der Waals surface area contributed by atoms with Crippen LogP contribution in [0.25, 0.3) is 0 Å². The van der Waals surface area contributed by atoms with Crippen molar-refractivity contribution in [1.82, 2.24) is 9.62 Å². The summed E-state index contributed by atoms with van der Waals surface area (Å²) >= 11 is 0. The highest BCUT2D eigenvalue weighted by atomic mass is 32.2. The lowest BCUT2D eigenvalue weighted by Crippen LogP contribution is -2.45. The lowest BCUT2D eigenvalue weighted by Gasteiger charge is -2.32. The number of nitrogens with zero attached hydrogens (tertiary/aromatic N) is 1. The van der Waals surface area contributed by atoms with Gasteiger partial charge < -0.3 is 4.90 Å². The molecule has 0 aromatic rings. The molecule has 0 spiro atoms. The third-order valence-electron chi connectivity index (χ3n) is 4.10. The van der Waals surface area contributed by atoms with E-state index in [2.05, 4.69) is 9.62 Å². The van der Waals surface area contributed by atoms with Crippen LogP contribution >= 0.6 is 0 Å². The van der Waals surface area contributed by atoms with Crippen LogP contribution in [-0.4, -0.2) is 44.2 Å². The van der Waals surface area contributed by atoms with Crippen molar-refractivity contribution in [2.75, 3.05) is 19.6 Å². The molecule has 17 heavy (non-hydrogen) atoms. The predicted octanol–water partition coefficient (Wildman–Crippen LogP) is 0.943. The molecule has 5 heteroatoms. The van der Waals surface area contributed by atoms with Crippen LogP contribution in [0.15, 0.2) is 0 Å². The zero-order valence-corrected chi connectivity index (χ0v) is 11.1. The molecule has 4 nitrogen and oxygen atoms in total. The van der Waals surface area contributed by atoms with E-state index in [0.717, 1.165) is 44.7 Å². The van der Waals surface area contributed by atoms with Gasteiger partial charge in [0, 0.05) is 12.6 Å². The van der Waals surface area contributed by atoms with Crippen molar-refractivity contribution in [2.24, 2.45) is 5.92 Å². The molecular weight excluding hydrogens is 236 g/mol. The van der Waals surface area contributed by atoms with Crippen LogP contribution in [0.1, 0.15) is 38.5 Å². The maximum absolute atomic E-state index is 11.8. The van der Waals surface area contributed by atoms with Crippen LogP contribution in [0.5, 0.6) is 0 Å². The fourth-order valence-corrected chi connectivity index (χ4v) is 4.26. The Hall–Kier alpha value is -0.130. The van der Waals surface area contributed by atoms with Gasteiger partial charge in [-0.25, -0.2) is 13.1 Å². The van der Waals surface area contributed by atoms with Crippen molar-refractivity contribution in [3.05, 3.63) is 0 Å². The minimum atomic E-state index is -2.98. The van der Waals surface area contributed by atoms with Gasteiger partial charge in [-0.05, 0) is 57.5 Å². The molecule has 1 aliphatic heterocycles. The van der Waals surface area contributed by atoms with E-state index in [0.29, 0.717) is 0 Å². The summed E-state index contributed by atoms with van der Waals surface area (Å²) in [5.74, 6) is 0.940. The molecule has 0 amide bonds. The lowest BCUT2D eigenvalue weighted by atomic mass is 10.1. The van der Waals surface area contributed by atoms with E-state index in [-0.39, 0.29) is 11.3 Å². The largest absolute Gasteiger partial charge is 0.303 e. The molecule has 1 saturated heterocycles. The third-order valence-corrected chi connectivity index (χ3v) is 6.11. The lowest BCUT2D eigenvalue weighted by molar-refractivity contribution is 0.200. The first kappa shape index (κ1) is 11.9. The minimum Gasteiger partial charge on any atom is -0.303 e. The number of rotatable bonds is 5. The van der Waals surface area contributed by atoms with E-state index in [1.54, 1.807) is 0 Å². The quantitative estimate of drug-likeness (QED) is 0.798. The Kier molecular flexibility index (Phi) is 3.17. The highest BCUT2D eigenvalue weighted by molar-refractivity contribution is 7.90. The van der Waals surface area contributed by atoms with Gasteiger partial charge in [0.2, 0.25) is 10.0 Å². The van der Waals surface area contributed by atoms with E-state index in [4.69, 9.17) is 0 Å². The van der Waals surface area contributed by atoms with Crippen LogP contribution in [0.4, 0.5) is 0 Å². The van der Waals surface area contributed by atoms with E-state index >= 15 is 0 Å². The van der Waals surface area contributed by atoms with Crippen LogP contribution in [0.3, 0.4) is 0 Å². The molecule has 0 radical (unpaired) electrons. The van der Waals surface area contributed by atoms with E-state index in [1.165, 1.54) is 19.4 Å². The number of nitrogens with one attached hydrogen (secondary N) is 1. The standard InChI is InChI=1S/C12H22N2O2S/c15-17(16,12-3-4-12)13-11-5-7-14(8-6-11)9-10-1-2-10/h10-13H,1-9H2. The first-order chi connectivity index (χ1) is 8.13. The first-order valence-corrected chi connectivity index (χ1v) is 8.41. The molecule has 98 valence electrons. The second kappa shape index (κ2) is 4.52. The Balaban J connectivity index is 1.44. The van der Waals surface area contributed by atoms with Gasteiger partial charge in [0.1, 0.15) is 0 Å². The fraction of sp³-hybridized carbons (Fsp3) is 1.00. The van der Waals surface area contributed by atoms with Crippen LogP contribution in [0.2, 0.25) is 0 Å². The highest BCUT2D eigenvalue weighted by Crippen LogP contribution is 2.31. The summed E-state index contributed by atoms with van der Waals surface area (Å²) in [6.45, 7) is 3.37. The second-order valence-electron chi connectivity index (χ2n) is 5.88. The molecule has 2 saturated carbocycles. The van der Waals surface area contributed by atoms with Gasteiger partial charge in [-0.1, -0.05) is 0 Å². The Bertz CT molecular complexity index is 366. The summed E-state index contributed by atoms with van der Waals surface area (Å²) in [5, 5.41) is -0.0769. The maximum Gasteiger partial charge on any atom is 0.214 e. The molecule has 1 N–H and O–H groups in total. The Morgan fingerprint density at radius 3 is 2.18 bits per heavy atom.